The Morgan fingerprint density at radius 3 is 2.81 bits per heavy atom. The number of methoxy groups -OCH3 is 1. The van der Waals surface area contributed by atoms with Gasteiger partial charge in [0, 0.05) is 22.7 Å². The van der Waals surface area contributed by atoms with Crippen molar-refractivity contribution in [1.29, 1.82) is 0 Å². The quantitative estimate of drug-likeness (QED) is 0.610. The van der Waals surface area contributed by atoms with Crippen molar-refractivity contribution in [2.45, 2.75) is 31.6 Å². The highest BCUT2D eigenvalue weighted by molar-refractivity contribution is 9.10. The smallest absolute Gasteiger partial charge is 0.305 e. The van der Waals surface area contributed by atoms with Crippen molar-refractivity contribution in [2.24, 2.45) is 9.98 Å². The minimum Gasteiger partial charge on any atom is -0.469 e. The molecule has 0 aliphatic carbocycles. The van der Waals surface area contributed by atoms with Gasteiger partial charge in [0.1, 0.15) is 11.9 Å². The fourth-order valence-corrected chi connectivity index (χ4v) is 3.98. The maximum absolute atomic E-state index is 11.9. The normalized spacial score (nSPS) is 19.4. The van der Waals surface area contributed by atoms with Gasteiger partial charge in [-0.3, -0.25) is 14.8 Å². The van der Waals surface area contributed by atoms with Crippen LogP contribution in [0.4, 0.5) is 5.69 Å². The van der Waals surface area contributed by atoms with Gasteiger partial charge in [0.25, 0.3) is 0 Å². The van der Waals surface area contributed by atoms with Crippen molar-refractivity contribution in [3.05, 3.63) is 58.3 Å². The molecule has 1 unspecified atom stereocenters. The average molecular weight is 501 g/mol. The number of hydrogen-bond acceptors (Lipinski definition) is 8. The molecule has 4 rings (SSSR count). The number of aromatic nitrogens is 1. The van der Waals surface area contributed by atoms with Gasteiger partial charge in [0.15, 0.2) is 5.79 Å². The SMILES string of the molecule is COC(=O)CCC1N=C(c2ccccn2)c2cc(Br)ccc2N=C1NCC1(C)OCCO1. The van der Waals surface area contributed by atoms with Gasteiger partial charge >= 0.3 is 5.97 Å². The number of carbonyl (C=O) groups excluding carboxylic acids is 1. The van der Waals surface area contributed by atoms with E-state index in [9.17, 15) is 4.79 Å². The maximum atomic E-state index is 11.9. The van der Waals surface area contributed by atoms with E-state index < -0.39 is 11.8 Å². The summed E-state index contributed by atoms with van der Waals surface area (Å²) in [4.78, 5) is 26.4. The van der Waals surface area contributed by atoms with Gasteiger partial charge < -0.3 is 19.5 Å². The van der Waals surface area contributed by atoms with Crippen LogP contribution in [0, 0.1) is 0 Å². The second-order valence-electron chi connectivity index (χ2n) is 7.67. The van der Waals surface area contributed by atoms with E-state index in [1.165, 1.54) is 7.11 Å². The number of carbonyl (C=O) groups is 1. The van der Waals surface area contributed by atoms with Crippen LogP contribution in [0.3, 0.4) is 0 Å². The summed E-state index contributed by atoms with van der Waals surface area (Å²) in [7, 11) is 1.38. The van der Waals surface area contributed by atoms with E-state index in [2.05, 4.69) is 26.2 Å². The summed E-state index contributed by atoms with van der Waals surface area (Å²) in [6.45, 7) is 3.40. The van der Waals surface area contributed by atoms with E-state index in [1.54, 1.807) is 6.20 Å². The van der Waals surface area contributed by atoms with Gasteiger partial charge in [-0.15, -0.1) is 0 Å². The first-order valence-corrected chi connectivity index (χ1v) is 11.2. The molecule has 1 atom stereocenters. The highest BCUT2D eigenvalue weighted by Gasteiger charge is 2.33. The van der Waals surface area contributed by atoms with Gasteiger partial charge in [-0.1, -0.05) is 22.0 Å². The van der Waals surface area contributed by atoms with Crippen LogP contribution < -0.4 is 5.32 Å². The Kier molecular flexibility index (Phi) is 6.98. The molecular formula is C23H25BrN4O4. The monoisotopic (exact) mass is 500 g/mol. The van der Waals surface area contributed by atoms with Gasteiger partial charge in [-0.05, 0) is 43.7 Å². The van der Waals surface area contributed by atoms with E-state index in [0.717, 1.165) is 27.1 Å². The molecule has 1 saturated heterocycles. The number of esters is 1. The highest BCUT2D eigenvalue weighted by atomic mass is 79.9. The Bertz CT molecular complexity index is 1040. The van der Waals surface area contributed by atoms with Crippen molar-refractivity contribution in [3.8, 4) is 0 Å². The van der Waals surface area contributed by atoms with E-state index in [4.69, 9.17) is 24.2 Å². The third-order valence-corrected chi connectivity index (χ3v) is 5.79. The Morgan fingerprint density at radius 1 is 1.28 bits per heavy atom. The fraction of sp³-hybridized carbons (Fsp3) is 0.391. The zero-order chi connectivity index (χ0) is 22.6. The Hall–Kier alpha value is -2.62. The maximum Gasteiger partial charge on any atom is 0.305 e. The second kappa shape index (κ2) is 9.89. The molecule has 0 saturated carbocycles. The van der Waals surface area contributed by atoms with Crippen LogP contribution in [-0.2, 0) is 19.0 Å². The number of fused-ring (bicyclic) bond motifs is 1. The average Bonchev–Trinajstić information content (AvgIpc) is 3.18. The van der Waals surface area contributed by atoms with Gasteiger partial charge in [-0.25, -0.2) is 4.99 Å². The molecule has 1 N–H and O–H groups in total. The summed E-state index contributed by atoms with van der Waals surface area (Å²) in [6, 6.07) is 11.2. The topological polar surface area (TPSA) is 94.4 Å². The van der Waals surface area contributed by atoms with E-state index in [0.29, 0.717) is 32.0 Å². The first-order valence-electron chi connectivity index (χ1n) is 10.4. The summed E-state index contributed by atoms with van der Waals surface area (Å²) in [5.41, 5.74) is 3.08. The molecule has 32 heavy (non-hydrogen) atoms. The lowest BCUT2D eigenvalue weighted by molar-refractivity contribution is -0.140. The molecule has 0 spiro atoms. The van der Waals surface area contributed by atoms with Crippen LogP contribution in [0.1, 0.15) is 31.0 Å². The Morgan fingerprint density at radius 2 is 2.09 bits per heavy atom. The Balaban J connectivity index is 1.74. The van der Waals surface area contributed by atoms with Crippen LogP contribution in [0.15, 0.2) is 57.1 Å². The van der Waals surface area contributed by atoms with Crippen molar-refractivity contribution in [2.75, 3.05) is 26.9 Å². The zero-order valence-corrected chi connectivity index (χ0v) is 19.6. The van der Waals surface area contributed by atoms with Crippen LogP contribution in [0.5, 0.6) is 0 Å². The molecule has 0 amide bonds. The highest BCUT2D eigenvalue weighted by Crippen LogP contribution is 2.30. The number of amidine groups is 1. The van der Waals surface area contributed by atoms with Gasteiger partial charge in [0.2, 0.25) is 0 Å². The molecule has 2 aliphatic rings. The van der Waals surface area contributed by atoms with Gasteiger partial charge in [0.05, 0.1) is 44.0 Å². The number of ether oxygens (including phenoxy) is 3. The first kappa shape index (κ1) is 22.6. The third-order valence-electron chi connectivity index (χ3n) is 5.30. The summed E-state index contributed by atoms with van der Waals surface area (Å²) in [6.07, 6.45) is 2.38. The number of nitrogens with zero attached hydrogens (tertiary/aromatic N) is 3. The predicted octanol–water partition coefficient (Wildman–Crippen LogP) is 3.40. The summed E-state index contributed by atoms with van der Waals surface area (Å²) in [5.74, 6) is -0.390. The number of halogens is 1. The molecular weight excluding hydrogens is 476 g/mol. The molecule has 0 radical (unpaired) electrons. The van der Waals surface area contributed by atoms with E-state index >= 15 is 0 Å². The third kappa shape index (κ3) is 5.23. The number of aliphatic imine (C=N–C) groups is 2. The molecule has 3 heterocycles. The predicted molar refractivity (Wildman–Crippen MR) is 124 cm³/mol. The Labute approximate surface area is 195 Å². The molecule has 1 fully saturated rings. The minimum atomic E-state index is -0.738. The van der Waals surface area contributed by atoms with Gasteiger partial charge in [-0.2, -0.15) is 0 Å². The van der Waals surface area contributed by atoms with Crippen molar-refractivity contribution in [1.82, 2.24) is 10.3 Å². The van der Waals surface area contributed by atoms with Crippen LogP contribution in [0.25, 0.3) is 0 Å². The number of hydrogen-bond donors (Lipinski definition) is 1. The van der Waals surface area contributed by atoms with Crippen molar-refractivity contribution in [3.63, 3.8) is 0 Å². The lowest BCUT2D eigenvalue weighted by atomic mass is 10.0. The molecule has 1 aromatic heterocycles. The summed E-state index contributed by atoms with van der Waals surface area (Å²) < 4.78 is 17.2. The molecule has 168 valence electrons. The van der Waals surface area contributed by atoms with E-state index in [1.807, 2.05) is 43.3 Å². The minimum absolute atomic E-state index is 0.213. The lowest BCUT2D eigenvalue weighted by Crippen LogP contribution is -2.44. The number of benzene rings is 1. The summed E-state index contributed by atoms with van der Waals surface area (Å²) >= 11 is 3.55. The number of nitrogens with one attached hydrogen (secondary N) is 1. The second-order valence-corrected chi connectivity index (χ2v) is 8.58. The zero-order valence-electron chi connectivity index (χ0n) is 18.0. The molecule has 0 bridgehead atoms. The number of rotatable bonds is 6. The molecule has 2 aliphatic heterocycles. The summed E-state index contributed by atoms with van der Waals surface area (Å²) in [5, 5.41) is 3.37. The van der Waals surface area contributed by atoms with Crippen molar-refractivity contribution >= 4 is 39.1 Å². The molecule has 1 aromatic carbocycles. The van der Waals surface area contributed by atoms with Crippen LogP contribution in [-0.4, -0.2) is 61.2 Å². The van der Waals surface area contributed by atoms with Crippen LogP contribution in [0.2, 0.25) is 0 Å². The van der Waals surface area contributed by atoms with Crippen molar-refractivity contribution < 1.29 is 19.0 Å². The first-order chi connectivity index (χ1) is 15.5. The largest absolute Gasteiger partial charge is 0.469 e. The van der Waals surface area contributed by atoms with Crippen LogP contribution >= 0.6 is 15.9 Å². The number of pyridine rings is 1. The molecule has 8 nitrogen and oxygen atoms in total. The standard InChI is InChI=1S/C23H25BrN4O4/c1-23(31-11-12-32-23)14-26-22-19(8-9-20(29)30-2)27-21(18-5-3-4-10-25-18)16-13-15(24)6-7-17(16)28-22/h3-7,10,13,19H,8-9,11-12,14H2,1-2H3,(H,26,28). The molecule has 9 heteroatoms. The molecule has 2 aromatic rings. The fourth-order valence-electron chi connectivity index (χ4n) is 3.62. The van der Waals surface area contributed by atoms with E-state index in [-0.39, 0.29) is 12.4 Å². The lowest BCUT2D eigenvalue weighted by Gasteiger charge is -2.25.